The molecule has 0 bridgehead atoms. The number of hydrogen-bond donors (Lipinski definition) is 1. The average Bonchev–Trinajstić information content (AvgIpc) is 3.19. The van der Waals surface area contributed by atoms with Crippen molar-refractivity contribution in [1.29, 1.82) is 0 Å². The molecule has 2 aromatic rings. The minimum Gasteiger partial charge on any atom is -0.471 e. The second kappa shape index (κ2) is 9.26. The molecular formula is C21H26ClN3O3. The Hall–Kier alpha value is -2.31. The van der Waals surface area contributed by atoms with E-state index in [4.69, 9.17) is 21.1 Å². The van der Waals surface area contributed by atoms with Crippen molar-refractivity contribution in [3.8, 4) is 5.88 Å². The number of carbonyl (C=O) groups excluding carboxylic acids is 1. The van der Waals surface area contributed by atoms with Crippen LogP contribution in [0.5, 0.6) is 5.88 Å². The zero-order valence-corrected chi connectivity index (χ0v) is 17.3. The first-order valence-electron chi connectivity index (χ1n) is 9.58. The monoisotopic (exact) mass is 403 g/mol. The molecule has 1 aliphatic rings. The summed E-state index contributed by atoms with van der Waals surface area (Å²) in [6, 6.07) is 7.60. The van der Waals surface area contributed by atoms with Gasteiger partial charge in [0.1, 0.15) is 11.1 Å². The van der Waals surface area contributed by atoms with Crippen molar-refractivity contribution in [2.24, 2.45) is 0 Å². The molecule has 1 aliphatic heterocycles. The molecule has 1 fully saturated rings. The maximum Gasteiger partial charge on any atom is 0.257 e. The van der Waals surface area contributed by atoms with Crippen molar-refractivity contribution in [2.75, 3.05) is 36.5 Å². The summed E-state index contributed by atoms with van der Waals surface area (Å²) < 4.78 is 11.0. The summed E-state index contributed by atoms with van der Waals surface area (Å²) in [7, 11) is 0. The Morgan fingerprint density at radius 3 is 2.75 bits per heavy atom. The fourth-order valence-corrected chi connectivity index (χ4v) is 3.38. The summed E-state index contributed by atoms with van der Waals surface area (Å²) in [5.74, 6) is 0.0670. The molecule has 1 saturated heterocycles. The van der Waals surface area contributed by atoms with Gasteiger partial charge < -0.3 is 19.7 Å². The second-order valence-electron chi connectivity index (χ2n) is 6.74. The lowest BCUT2D eigenvalue weighted by atomic mass is 10.1. The van der Waals surface area contributed by atoms with Crippen LogP contribution in [-0.2, 0) is 4.74 Å². The van der Waals surface area contributed by atoms with E-state index in [1.165, 1.54) is 6.20 Å². The third-order valence-electron chi connectivity index (χ3n) is 4.82. The van der Waals surface area contributed by atoms with Gasteiger partial charge in [-0.05, 0) is 50.6 Å². The Morgan fingerprint density at radius 2 is 2.14 bits per heavy atom. The fourth-order valence-electron chi connectivity index (χ4n) is 3.17. The highest BCUT2D eigenvalue weighted by Crippen LogP contribution is 2.27. The van der Waals surface area contributed by atoms with Crippen LogP contribution < -0.4 is 15.0 Å². The summed E-state index contributed by atoms with van der Waals surface area (Å²) in [6.07, 6.45) is 2.24. The van der Waals surface area contributed by atoms with Crippen molar-refractivity contribution in [1.82, 2.24) is 4.98 Å². The number of pyridine rings is 1. The van der Waals surface area contributed by atoms with Crippen molar-refractivity contribution in [3.05, 3.63) is 46.6 Å². The zero-order valence-electron chi connectivity index (χ0n) is 16.5. The van der Waals surface area contributed by atoms with Crippen molar-refractivity contribution < 1.29 is 14.3 Å². The van der Waals surface area contributed by atoms with E-state index < -0.39 is 0 Å². The predicted octanol–water partition coefficient (Wildman–Crippen LogP) is 4.31. The number of aromatic nitrogens is 1. The Bertz CT molecular complexity index is 834. The van der Waals surface area contributed by atoms with Gasteiger partial charge in [0.15, 0.2) is 0 Å². The number of amides is 1. The van der Waals surface area contributed by atoms with Gasteiger partial charge in [0, 0.05) is 37.1 Å². The van der Waals surface area contributed by atoms with Crippen molar-refractivity contribution in [3.63, 3.8) is 0 Å². The molecule has 1 atom stereocenters. The van der Waals surface area contributed by atoms with Crippen LogP contribution in [0.4, 0.5) is 11.4 Å². The van der Waals surface area contributed by atoms with E-state index >= 15 is 0 Å². The smallest absolute Gasteiger partial charge is 0.257 e. The first-order chi connectivity index (χ1) is 13.5. The molecule has 1 N–H and O–H groups in total. The lowest BCUT2D eigenvalue weighted by Gasteiger charge is -2.22. The number of nitrogens with zero attached hydrogens (tertiary/aromatic N) is 2. The quantitative estimate of drug-likeness (QED) is 0.746. The molecule has 0 aliphatic carbocycles. The maximum absolute atomic E-state index is 12.6. The topological polar surface area (TPSA) is 63.7 Å². The van der Waals surface area contributed by atoms with E-state index in [1.807, 2.05) is 19.1 Å². The number of halogens is 1. The van der Waals surface area contributed by atoms with Crippen LogP contribution in [0.2, 0.25) is 5.02 Å². The van der Waals surface area contributed by atoms with Crippen molar-refractivity contribution in [2.45, 2.75) is 33.3 Å². The van der Waals surface area contributed by atoms with Gasteiger partial charge in [-0.2, -0.15) is 0 Å². The maximum atomic E-state index is 12.6. The number of carbonyl (C=O) groups is 1. The molecule has 0 spiro atoms. The highest BCUT2D eigenvalue weighted by Gasteiger charge is 2.20. The number of benzene rings is 1. The number of nitrogens with one attached hydrogen (secondary N) is 1. The number of anilines is 2. The minimum atomic E-state index is -0.260. The summed E-state index contributed by atoms with van der Waals surface area (Å²) in [5, 5.41) is 3.24. The molecule has 0 radical (unpaired) electrons. The molecule has 1 aromatic heterocycles. The lowest BCUT2D eigenvalue weighted by molar-refractivity contribution is 0.102. The SMILES string of the molecule is CCN(CC)c1ccc(NC(=O)c2cnc(OC3CCOC3)c(Cl)c2)c(C)c1. The third-order valence-corrected chi connectivity index (χ3v) is 5.09. The Labute approximate surface area is 170 Å². The molecule has 0 saturated carbocycles. The van der Waals surface area contributed by atoms with Crippen LogP contribution in [0.15, 0.2) is 30.5 Å². The van der Waals surface area contributed by atoms with Crippen LogP contribution >= 0.6 is 11.6 Å². The summed E-state index contributed by atoms with van der Waals surface area (Å²) in [6.45, 7) is 9.31. The average molecular weight is 404 g/mol. The highest BCUT2D eigenvalue weighted by atomic mass is 35.5. The van der Waals surface area contributed by atoms with Crippen LogP contribution in [0.25, 0.3) is 0 Å². The fraction of sp³-hybridized carbons (Fsp3) is 0.429. The Balaban J connectivity index is 1.69. The van der Waals surface area contributed by atoms with E-state index in [2.05, 4.69) is 35.1 Å². The van der Waals surface area contributed by atoms with E-state index in [0.29, 0.717) is 29.7 Å². The second-order valence-corrected chi connectivity index (χ2v) is 7.15. The standard InChI is InChI=1S/C21H26ClN3O3/c1-4-25(5-2)16-6-7-19(14(3)10-16)24-20(26)15-11-18(22)21(23-12-15)28-17-8-9-27-13-17/h6-7,10-12,17H,4-5,8-9,13H2,1-3H3,(H,24,26). The van der Waals surface area contributed by atoms with Gasteiger partial charge in [0.05, 0.1) is 18.8 Å². The summed E-state index contributed by atoms with van der Waals surface area (Å²) >= 11 is 6.26. The van der Waals surface area contributed by atoms with E-state index in [9.17, 15) is 4.79 Å². The third kappa shape index (κ3) is 4.75. The van der Waals surface area contributed by atoms with Gasteiger partial charge >= 0.3 is 0 Å². The molecule has 6 nitrogen and oxygen atoms in total. The first kappa shape index (κ1) is 20.4. The van der Waals surface area contributed by atoms with Gasteiger partial charge in [-0.25, -0.2) is 4.98 Å². The molecule has 3 rings (SSSR count). The van der Waals surface area contributed by atoms with Gasteiger partial charge in [-0.3, -0.25) is 4.79 Å². The molecule has 150 valence electrons. The van der Waals surface area contributed by atoms with Crippen molar-refractivity contribution >= 4 is 28.9 Å². The van der Waals surface area contributed by atoms with E-state index in [-0.39, 0.29) is 12.0 Å². The largest absolute Gasteiger partial charge is 0.471 e. The van der Waals surface area contributed by atoms with E-state index in [1.54, 1.807) is 6.07 Å². The molecule has 28 heavy (non-hydrogen) atoms. The predicted molar refractivity (Wildman–Crippen MR) is 112 cm³/mol. The number of hydrogen-bond acceptors (Lipinski definition) is 5. The highest BCUT2D eigenvalue weighted by molar-refractivity contribution is 6.32. The zero-order chi connectivity index (χ0) is 20.1. The minimum absolute atomic E-state index is 0.0448. The Morgan fingerprint density at radius 1 is 1.36 bits per heavy atom. The first-order valence-corrected chi connectivity index (χ1v) is 9.96. The normalized spacial score (nSPS) is 16.1. The molecule has 1 amide bonds. The van der Waals surface area contributed by atoms with E-state index in [0.717, 1.165) is 36.4 Å². The Kier molecular flexibility index (Phi) is 6.75. The van der Waals surface area contributed by atoms with Crippen LogP contribution in [0.3, 0.4) is 0 Å². The molecule has 1 aromatic carbocycles. The molecule has 2 heterocycles. The number of ether oxygens (including phenoxy) is 2. The van der Waals surface area contributed by atoms with Gasteiger partial charge in [0.25, 0.3) is 5.91 Å². The number of rotatable bonds is 7. The van der Waals surface area contributed by atoms with Crippen LogP contribution in [-0.4, -0.2) is 43.3 Å². The van der Waals surface area contributed by atoms with Crippen LogP contribution in [0.1, 0.15) is 36.2 Å². The van der Waals surface area contributed by atoms with Gasteiger partial charge in [0.2, 0.25) is 5.88 Å². The van der Waals surface area contributed by atoms with Crippen LogP contribution in [0, 0.1) is 6.92 Å². The molecular weight excluding hydrogens is 378 g/mol. The molecule has 7 heteroatoms. The molecule has 1 unspecified atom stereocenters. The summed E-state index contributed by atoms with van der Waals surface area (Å²) in [5.41, 5.74) is 3.29. The van der Waals surface area contributed by atoms with Gasteiger partial charge in [-0.15, -0.1) is 0 Å². The number of aryl methyl sites for hydroxylation is 1. The summed E-state index contributed by atoms with van der Waals surface area (Å²) in [4.78, 5) is 19.1. The van der Waals surface area contributed by atoms with Gasteiger partial charge in [-0.1, -0.05) is 11.6 Å². The lowest BCUT2D eigenvalue weighted by Crippen LogP contribution is -2.22.